The van der Waals surface area contributed by atoms with Crippen LogP contribution in [0, 0.1) is 6.42 Å². The zero-order valence-corrected chi connectivity index (χ0v) is 36.9. The van der Waals surface area contributed by atoms with Crippen LogP contribution in [0.5, 0.6) is 0 Å². The van der Waals surface area contributed by atoms with Gasteiger partial charge in [0.1, 0.15) is 73.2 Å². The summed E-state index contributed by atoms with van der Waals surface area (Å²) < 4.78 is 63.6. The molecular weight excluding hydrogens is 813 g/mol. The third-order valence-corrected chi connectivity index (χ3v) is 8.09. The van der Waals surface area contributed by atoms with E-state index in [4.69, 9.17) is 51.1 Å². The molecule has 19 atom stereocenters. The Bertz CT molecular complexity index is 1250. The van der Waals surface area contributed by atoms with Gasteiger partial charge in [0.2, 0.25) is 10.4 Å². The van der Waals surface area contributed by atoms with Gasteiger partial charge in [-0.1, -0.05) is 0 Å². The van der Waals surface area contributed by atoms with Gasteiger partial charge in [0.15, 0.2) is 12.6 Å². The molecule has 4 saturated heterocycles. The molecule has 0 bridgehead atoms. The summed E-state index contributed by atoms with van der Waals surface area (Å²) >= 11 is 0. The minimum atomic E-state index is -4.92. The number of carboxylic acids is 2. The molecular formula is C26H42Na3O25S-. The smallest absolute Gasteiger partial charge is 0.726 e. The average Bonchev–Trinajstić information content (AvgIpc) is 3.04. The quantitative estimate of drug-likeness (QED) is 0.0467. The van der Waals surface area contributed by atoms with Crippen molar-refractivity contribution in [3.63, 3.8) is 0 Å². The van der Waals surface area contributed by atoms with E-state index in [1.54, 1.807) is 0 Å². The van der Waals surface area contributed by atoms with Crippen molar-refractivity contribution in [3.05, 3.63) is 6.42 Å². The van der Waals surface area contributed by atoms with E-state index in [9.17, 15) is 70.9 Å². The third kappa shape index (κ3) is 16.5. The van der Waals surface area contributed by atoms with Crippen molar-refractivity contribution in [2.24, 2.45) is 0 Å². The van der Waals surface area contributed by atoms with Crippen LogP contribution in [-0.4, -0.2) is 215 Å². The second kappa shape index (κ2) is 25.8. The van der Waals surface area contributed by atoms with Crippen LogP contribution in [0.1, 0.15) is 13.8 Å². The van der Waals surface area contributed by atoms with E-state index in [1.807, 2.05) is 0 Å². The number of ether oxygens (including phenoxy) is 6. The fourth-order valence-electron chi connectivity index (χ4n) is 5.33. The van der Waals surface area contributed by atoms with Gasteiger partial charge in [-0.25, -0.2) is 8.42 Å². The molecule has 29 heteroatoms. The zero-order chi connectivity index (χ0) is 40.0. The van der Waals surface area contributed by atoms with Crippen LogP contribution in [0.25, 0.3) is 0 Å². The number of hydrogen-bond acceptors (Lipinski definition) is 24. The summed E-state index contributed by atoms with van der Waals surface area (Å²) in [6.45, 7) is 1.84. The van der Waals surface area contributed by atoms with E-state index in [1.165, 1.54) is 13.8 Å². The van der Waals surface area contributed by atoms with Crippen molar-refractivity contribution in [2.45, 2.75) is 130 Å². The van der Waals surface area contributed by atoms with E-state index in [0.29, 0.717) is 0 Å². The first-order valence-electron chi connectivity index (χ1n) is 15.2. The van der Waals surface area contributed by atoms with Gasteiger partial charge in [-0.15, -0.1) is 0 Å². The second-order valence-electron chi connectivity index (χ2n) is 11.8. The largest absolute Gasteiger partial charge is 1.00 e. The SMILES string of the molecule is C[C@@H]1OC(CO)[C@H](O)[C@H](O[C@@H]2OC(C(=O)[O-])[C@@H](O)[C@H](O)C2O)C1O.C[C@@H]1OC(CO)[C@H](O)[C@H](O[C@@H]2OC(C(=O)[O-])[C@@H](O)[CH-]C2O)C1O.O=S(=O)([O-])O.[Na+].[Na+].[Na+]. The molecule has 0 aromatic rings. The molecule has 4 rings (SSSR count). The fourth-order valence-corrected chi connectivity index (χ4v) is 5.33. The van der Waals surface area contributed by atoms with Crippen LogP contribution in [-0.2, 0) is 48.4 Å². The Morgan fingerprint density at radius 1 is 0.600 bits per heavy atom. The minimum Gasteiger partial charge on any atom is -0.726 e. The molecule has 306 valence electrons. The molecule has 0 spiro atoms. The summed E-state index contributed by atoms with van der Waals surface area (Å²) in [6, 6.07) is 0. The molecule has 0 aromatic heterocycles. The Labute approximate surface area is 379 Å². The third-order valence-electron chi connectivity index (χ3n) is 8.09. The number of carbonyl (C=O) groups is 2. The van der Waals surface area contributed by atoms with Crippen LogP contribution in [0.3, 0.4) is 0 Å². The summed E-state index contributed by atoms with van der Waals surface area (Å²) in [5.74, 6) is -3.54. The van der Waals surface area contributed by atoms with E-state index >= 15 is 0 Å². The maximum absolute atomic E-state index is 10.9. The molecule has 25 nitrogen and oxygen atoms in total. The molecule has 4 aliphatic heterocycles. The van der Waals surface area contributed by atoms with Crippen molar-refractivity contribution in [3.8, 4) is 0 Å². The monoisotopic (exact) mass is 855 g/mol. The zero-order valence-electron chi connectivity index (χ0n) is 30.0. The van der Waals surface area contributed by atoms with E-state index in [0.717, 1.165) is 6.42 Å². The van der Waals surface area contributed by atoms with Crippen LogP contribution in [0.15, 0.2) is 0 Å². The number of aliphatic carboxylic acids is 2. The Balaban J connectivity index is 0. The topological polar surface area (TPSA) is 436 Å². The summed E-state index contributed by atoms with van der Waals surface area (Å²) in [4.78, 5) is 21.8. The minimum absolute atomic E-state index is 0. The summed E-state index contributed by atoms with van der Waals surface area (Å²) in [5.41, 5.74) is 0. The number of hydrogen-bond donors (Lipinski definition) is 12. The van der Waals surface area contributed by atoms with Crippen LogP contribution in [0.4, 0.5) is 0 Å². The summed E-state index contributed by atoms with van der Waals surface area (Å²) in [7, 11) is -4.92. The molecule has 0 radical (unpaired) electrons. The Kier molecular flexibility index (Phi) is 27.3. The van der Waals surface area contributed by atoms with Gasteiger partial charge in [-0.3, -0.25) is 11.0 Å². The molecule has 8 unspecified atom stereocenters. The normalized spacial score (nSPS) is 42.9. The molecule has 4 fully saturated rings. The van der Waals surface area contributed by atoms with Gasteiger partial charge in [-0.2, -0.15) is 0 Å². The van der Waals surface area contributed by atoms with Crippen molar-refractivity contribution < 1.29 is 211 Å². The number of aliphatic hydroxyl groups excluding tert-OH is 11. The predicted octanol–water partition coefficient (Wildman–Crippen LogP) is -20.3. The van der Waals surface area contributed by atoms with Crippen molar-refractivity contribution in [2.75, 3.05) is 13.2 Å². The van der Waals surface area contributed by atoms with Crippen LogP contribution < -0.4 is 98.9 Å². The molecule has 4 heterocycles. The first kappa shape index (κ1) is 58.2. The molecule has 12 N–H and O–H groups in total. The fraction of sp³-hybridized carbons (Fsp3) is 0.885. The summed E-state index contributed by atoms with van der Waals surface area (Å²) in [6.07, 6.45) is -27.1. The first-order chi connectivity index (χ1) is 23.9. The number of carbonyl (C=O) groups excluding carboxylic acids is 2. The Morgan fingerprint density at radius 3 is 1.33 bits per heavy atom. The van der Waals surface area contributed by atoms with Gasteiger partial charge in [0.25, 0.3) is 0 Å². The van der Waals surface area contributed by atoms with Gasteiger partial charge in [0.05, 0.1) is 43.5 Å². The maximum atomic E-state index is 10.9. The summed E-state index contributed by atoms with van der Waals surface area (Å²) in [5, 5.41) is 129. The molecule has 0 saturated carbocycles. The van der Waals surface area contributed by atoms with Crippen LogP contribution in [0.2, 0.25) is 0 Å². The van der Waals surface area contributed by atoms with Crippen molar-refractivity contribution in [1.82, 2.24) is 0 Å². The maximum Gasteiger partial charge on any atom is 1.00 e. The molecule has 0 amide bonds. The van der Waals surface area contributed by atoms with Crippen LogP contribution >= 0.6 is 0 Å². The molecule has 4 aliphatic rings. The van der Waals surface area contributed by atoms with E-state index in [2.05, 4.69) is 0 Å². The van der Waals surface area contributed by atoms with Gasteiger partial charge < -0.3 is 109 Å². The van der Waals surface area contributed by atoms with Crippen molar-refractivity contribution in [1.29, 1.82) is 0 Å². The number of rotatable bonds is 8. The van der Waals surface area contributed by atoms with Gasteiger partial charge in [-0.05, 0) is 26.1 Å². The Hall–Kier alpha value is 1.13. The first-order valence-corrected chi connectivity index (χ1v) is 16.5. The average molecular weight is 856 g/mol. The molecule has 55 heavy (non-hydrogen) atoms. The molecule has 0 aliphatic carbocycles. The standard InChI is InChI=1S/C13H22O11.C13H21O10.3Na.H2O4S/c1-3-5(15)10(6(16)4(2-14)22-3)23-13-9(19)7(17)8(18)11(24-13)12(20)21;1-4-8(17)11(9(18)7(3-14)21-4)23-13-6(16)2-5(15)10(22-13)12(19)20;;;;1-5(2,3)4/h3-11,13-19H,2H2,1H3,(H,20,21);2,4-11,13-18H,3H2,1H3,(H,19,20);;;;(H2,1,2,3,4)/q;-1;3*+1;/p-3/t3-,4?,5?,6-,7-,8-,9?,10+,11?,13+;4-,5-,6?,7?,8?,9-,10?,11+,13-;;;;/m00..../s1. The predicted molar refractivity (Wildman–Crippen MR) is 151 cm³/mol. The van der Waals surface area contributed by atoms with E-state index < -0.39 is 152 Å². The van der Waals surface area contributed by atoms with E-state index in [-0.39, 0.29) is 88.7 Å². The second-order valence-corrected chi connectivity index (χ2v) is 12.7. The Morgan fingerprint density at radius 2 is 0.964 bits per heavy atom. The van der Waals surface area contributed by atoms with Gasteiger partial charge in [0, 0.05) is 0 Å². The van der Waals surface area contributed by atoms with Gasteiger partial charge >= 0.3 is 88.7 Å². The van der Waals surface area contributed by atoms with Crippen molar-refractivity contribution >= 4 is 22.3 Å². The number of carboxylic acid groups (broad SMARTS) is 2. The molecule has 0 aromatic carbocycles. The number of aliphatic hydroxyl groups is 11.